The SMILES string of the molecule is CCN(CCN)CCCCCCN(CC)C(C)N. The van der Waals surface area contributed by atoms with Gasteiger partial charge in [-0.15, -0.1) is 0 Å². The first-order chi connectivity index (χ1) is 8.65. The fraction of sp³-hybridized carbons (Fsp3) is 1.00. The van der Waals surface area contributed by atoms with E-state index in [0.29, 0.717) is 0 Å². The first-order valence-electron chi connectivity index (χ1n) is 7.57. The summed E-state index contributed by atoms with van der Waals surface area (Å²) in [5.74, 6) is 0. The molecule has 18 heavy (non-hydrogen) atoms. The molecule has 110 valence electrons. The highest BCUT2D eigenvalue weighted by atomic mass is 15.2. The average molecular weight is 258 g/mol. The molecule has 0 radical (unpaired) electrons. The highest BCUT2D eigenvalue weighted by molar-refractivity contribution is 4.60. The van der Waals surface area contributed by atoms with Crippen LogP contribution in [0.2, 0.25) is 0 Å². The van der Waals surface area contributed by atoms with Crippen molar-refractivity contribution in [2.24, 2.45) is 11.5 Å². The van der Waals surface area contributed by atoms with Crippen LogP contribution in [-0.4, -0.2) is 55.2 Å². The van der Waals surface area contributed by atoms with Gasteiger partial charge in [-0.25, -0.2) is 0 Å². The van der Waals surface area contributed by atoms with Crippen molar-refractivity contribution in [3.8, 4) is 0 Å². The summed E-state index contributed by atoms with van der Waals surface area (Å²) in [7, 11) is 0. The molecule has 0 aromatic rings. The van der Waals surface area contributed by atoms with Crippen molar-refractivity contribution >= 4 is 0 Å². The van der Waals surface area contributed by atoms with Crippen molar-refractivity contribution in [1.82, 2.24) is 9.80 Å². The summed E-state index contributed by atoms with van der Waals surface area (Å²) in [6.07, 6.45) is 5.37. The largest absolute Gasteiger partial charge is 0.329 e. The molecule has 4 N–H and O–H groups in total. The van der Waals surface area contributed by atoms with Gasteiger partial charge in [-0.3, -0.25) is 4.90 Å². The molecule has 4 nitrogen and oxygen atoms in total. The van der Waals surface area contributed by atoms with E-state index in [1.54, 1.807) is 0 Å². The predicted molar refractivity (Wildman–Crippen MR) is 80.5 cm³/mol. The molecule has 0 aromatic carbocycles. The van der Waals surface area contributed by atoms with Crippen LogP contribution in [0.15, 0.2) is 0 Å². The zero-order chi connectivity index (χ0) is 13.8. The van der Waals surface area contributed by atoms with Gasteiger partial charge >= 0.3 is 0 Å². The molecule has 1 unspecified atom stereocenters. The first-order valence-corrected chi connectivity index (χ1v) is 7.57. The predicted octanol–water partition coefficient (Wildman–Crippen LogP) is 1.45. The topological polar surface area (TPSA) is 58.5 Å². The van der Waals surface area contributed by atoms with Gasteiger partial charge in [0.1, 0.15) is 0 Å². The summed E-state index contributed by atoms with van der Waals surface area (Å²) in [4.78, 5) is 4.76. The van der Waals surface area contributed by atoms with Gasteiger partial charge < -0.3 is 16.4 Å². The lowest BCUT2D eigenvalue weighted by Crippen LogP contribution is -2.39. The van der Waals surface area contributed by atoms with E-state index in [1.807, 2.05) is 0 Å². The zero-order valence-electron chi connectivity index (χ0n) is 12.7. The molecule has 0 amide bonds. The Hall–Kier alpha value is -0.160. The van der Waals surface area contributed by atoms with Crippen LogP contribution in [0.25, 0.3) is 0 Å². The highest BCUT2D eigenvalue weighted by Crippen LogP contribution is 2.04. The smallest absolute Gasteiger partial charge is 0.0542 e. The van der Waals surface area contributed by atoms with Crippen molar-refractivity contribution in [3.63, 3.8) is 0 Å². The molecule has 0 saturated carbocycles. The van der Waals surface area contributed by atoms with Gasteiger partial charge in [0.25, 0.3) is 0 Å². The summed E-state index contributed by atoms with van der Waals surface area (Å²) in [6, 6.07) is 0. The van der Waals surface area contributed by atoms with Crippen LogP contribution >= 0.6 is 0 Å². The van der Waals surface area contributed by atoms with E-state index in [9.17, 15) is 0 Å². The summed E-state index contributed by atoms with van der Waals surface area (Å²) in [5.41, 5.74) is 11.5. The van der Waals surface area contributed by atoms with Crippen LogP contribution in [0.4, 0.5) is 0 Å². The van der Waals surface area contributed by atoms with E-state index >= 15 is 0 Å². The lowest BCUT2D eigenvalue weighted by molar-refractivity contribution is 0.218. The van der Waals surface area contributed by atoms with Gasteiger partial charge in [0.15, 0.2) is 0 Å². The van der Waals surface area contributed by atoms with Gasteiger partial charge in [-0.1, -0.05) is 26.7 Å². The van der Waals surface area contributed by atoms with Crippen LogP contribution in [0.5, 0.6) is 0 Å². The second-order valence-electron chi connectivity index (χ2n) is 5.01. The molecule has 4 heteroatoms. The second-order valence-corrected chi connectivity index (χ2v) is 5.01. The highest BCUT2D eigenvalue weighted by Gasteiger charge is 2.06. The summed E-state index contributed by atoms with van der Waals surface area (Å²) in [6.45, 7) is 12.7. The number of likely N-dealkylation sites (N-methyl/N-ethyl adjacent to an activating group) is 1. The van der Waals surface area contributed by atoms with Gasteiger partial charge in [-0.05, 0) is 45.9 Å². The van der Waals surface area contributed by atoms with Gasteiger partial charge in [0.05, 0.1) is 6.17 Å². The molecule has 0 aliphatic rings. The standard InChI is InChI=1S/C14H34N4/c1-4-17(13-10-15)11-8-6-7-9-12-18(5-2)14(3)16/h14H,4-13,15-16H2,1-3H3. The molecular formula is C14H34N4. The summed E-state index contributed by atoms with van der Waals surface area (Å²) in [5, 5.41) is 0. The Morgan fingerprint density at radius 1 is 0.889 bits per heavy atom. The van der Waals surface area contributed by atoms with Gasteiger partial charge in [0.2, 0.25) is 0 Å². The number of rotatable bonds is 12. The van der Waals surface area contributed by atoms with E-state index in [4.69, 9.17) is 11.5 Å². The maximum atomic E-state index is 5.89. The Labute approximate surface area is 114 Å². The third-order valence-electron chi connectivity index (χ3n) is 3.54. The zero-order valence-corrected chi connectivity index (χ0v) is 12.7. The van der Waals surface area contributed by atoms with Crippen molar-refractivity contribution in [3.05, 3.63) is 0 Å². The Bertz CT molecular complexity index is 173. The average Bonchev–Trinajstić information content (AvgIpc) is 2.36. The molecule has 0 aliphatic carbocycles. The third-order valence-corrected chi connectivity index (χ3v) is 3.54. The molecule has 0 fully saturated rings. The third kappa shape index (κ3) is 8.86. The Morgan fingerprint density at radius 3 is 1.94 bits per heavy atom. The van der Waals surface area contributed by atoms with Crippen LogP contribution in [0.3, 0.4) is 0 Å². The number of hydrogen-bond donors (Lipinski definition) is 2. The minimum Gasteiger partial charge on any atom is -0.329 e. The van der Waals surface area contributed by atoms with E-state index < -0.39 is 0 Å². The monoisotopic (exact) mass is 258 g/mol. The molecule has 0 heterocycles. The maximum absolute atomic E-state index is 5.89. The van der Waals surface area contributed by atoms with Crippen molar-refractivity contribution in [1.29, 1.82) is 0 Å². The van der Waals surface area contributed by atoms with Gasteiger partial charge in [0, 0.05) is 13.1 Å². The Morgan fingerprint density at radius 2 is 1.50 bits per heavy atom. The number of nitrogens with two attached hydrogens (primary N) is 2. The van der Waals surface area contributed by atoms with Crippen molar-refractivity contribution in [2.75, 3.05) is 39.3 Å². The minimum absolute atomic E-state index is 0.190. The number of hydrogen-bond acceptors (Lipinski definition) is 4. The van der Waals surface area contributed by atoms with E-state index in [0.717, 1.165) is 32.7 Å². The molecule has 0 aromatic heterocycles. The first kappa shape index (κ1) is 17.8. The van der Waals surface area contributed by atoms with E-state index in [-0.39, 0.29) is 6.17 Å². The quantitative estimate of drug-likeness (QED) is 0.411. The van der Waals surface area contributed by atoms with Crippen LogP contribution in [0, 0.1) is 0 Å². The Balaban J connectivity index is 3.44. The fourth-order valence-corrected chi connectivity index (χ4v) is 2.26. The molecular weight excluding hydrogens is 224 g/mol. The van der Waals surface area contributed by atoms with E-state index in [2.05, 4.69) is 30.6 Å². The van der Waals surface area contributed by atoms with Crippen LogP contribution < -0.4 is 11.5 Å². The Kier molecular flexibility index (Phi) is 11.8. The second kappa shape index (κ2) is 11.9. The van der Waals surface area contributed by atoms with Crippen LogP contribution in [-0.2, 0) is 0 Å². The molecule has 0 rings (SSSR count). The van der Waals surface area contributed by atoms with Gasteiger partial charge in [-0.2, -0.15) is 0 Å². The summed E-state index contributed by atoms with van der Waals surface area (Å²) >= 11 is 0. The normalized spacial score (nSPS) is 13.5. The van der Waals surface area contributed by atoms with Crippen molar-refractivity contribution in [2.45, 2.75) is 52.6 Å². The fourth-order valence-electron chi connectivity index (χ4n) is 2.26. The summed E-state index contributed by atoms with van der Waals surface area (Å²) < 4.78 is 0. The molecule has 0 aliphatic heterocycles. The lowest BCUT2D eigenvalue weighted by atomic mass is 10.1. The van der Waals surface area contributed by atoms with Crippen molar-refractivity contribution < 1.29 is 0 Å². The van der Waals surface area contributed by atoms with E-state index in [1.165, 1.54) is 32.2 Å². The number of nitrogens with zero attached hydrogens (tertiary/aromatic N) is 2. The lowest BCUT2D eigenvalue weighted by Gasteiger charge is -2.24. The molecule has 0 spiro atoms. The minimum atomic E-state index is 0.190. The molecule has 0 saturated heterocycles. The maximum Gasteiger partial charge on any atom is 0.0542 e. The molecule has 1 atom stereocenters. The number of unbranched alkanes of at least 4 members (excludes halogenated alkanes) is 3. The van der Waals surface area contributed by atoms with Crippen LogP contribution in [0.1, 0.15) is 46.5 Å². The molecule has 0 bridgehead atoms.